The average Bonchev–Trinajstić information content (AvgIpc) is 3.01. The molecule has 2 saturated heterocycles. The molecule has 158 valence electrons. The Balaban J connectivity index is 1.64. The van der Waals surface area contributed by atoms with Crippen molar-refractivity contribution < 1.29 is 18.3 Å². The Bertz CT molecular complexity index is 1070. The Labute approximate surface area is 176 Å². The average molecular weight is 439 g/mol. The maximum absolute atomic E-state index is 13.2. The van der Waals surface area contributed by atoms with Gasteiger partial charge in [0.05, 0.1) is 22.4 Å². The van der Waals surface area contributed by atoms with E-state index in [0.29, 0.717) is 35.2 Å². The van der Waals surface area contributed by atoms with Crippen LogP contribution in [0.1, 0.15) is 57.4 Å². The van der Waals surface area contributed by atoms with Gasteiger partial charge in [-0.1, -0.05) is 31.5 Å². The number of nitrogens with zero attached hydrogens (tertiary/aromatic N) is 2. The Morgan fingerprint density at radius 2 is 2.03 bits per heavy atom. The van der Waals surface area contributed by atoms with Crippen LogP contribution in [0.2, 0.25) is 5.02 Å². The zero-order valence-electron chi connectivity index (χ0n) is 16.9. The van der Waals surface area contributed by atoms with Crippen LogP contribution in [-0.4, -0.2) is 52.2 Å². The summed E-state index contributed by atoms with van der Waals surface area (Å²) in [6, 6.07) is 5.37. The van der Waals surface area contributed by atoms with E-state index in [9.17, 15) is 18.3 Å². The summed E-state index contributed by atoms with van der Waals surface area (Å²) in [5.41, 5.74) is 0.701. The fourth-order valence-electron chi connectivity index (χ4n) is 5.13. The number of carbonyl (C=O) groups is 1. The fraction of sp³-hybridized carbons (Fsp3) is 0.571. The van der Waals surface area contributed by atoms with Crippen molar-refractivity contribution in [2.45, 2.75) is 69.6 Å². The van der Waals surface area contributed by atoms with Crippen LogP contribution in [0.5, 0.6) is 0 Å². The molecule has 3 aliphatic rings. The normalized spacial score (nSPS) is 27.7. The molecule has 0 spiro atoms. The Morgan fingerprint density at radius 3 is 2.66 bits per heavy atom. The summed E-state index contributed by atoms with van der Waals surface area (Å²) >= 11 is 6.41. The Kier molecular flexibility index (Phi) is 4.99. The first-order valence-electron chi connectivity index (χ1n) is 10.1. The second-order valence-electron chi connectivity index (χ2n) is 8.74. The molecule has 0 radical (unpaired) electrons. The summed E-state index contributed by atoms with van der Waals surface area (Å²) < 4.78 is 25.7. The Hall–Kier alpha value is -1.57. The van der Waals surface area contributed by atoms with Crippen molar-refractivity contribution in [2.75, 3.05) is 6.26 Å². The smallest absolute Gasteiger partial charge is 0.236 e. The molecule has 1 saturated carbocycles. The van der Waals surface area contributed by atoms with Gasteiger partial charge in [0.1, 0.15) is 0 Å². The maximum atomic E-state index is 13.2. The quantitative estimate of drug-likeness (QED) is 0.774. The largest absolute Gasteiger partial charge is 0.390 e. The van der Waals surface area contributed by atoms with Gasteiger partial charge in [-0.25, -0.2) is 12.4 Å². The van der Waals surface area contributed by atoms with Gasteiger partial charge >= 0.3 is 0 Å². The highest BCUT2D eigenvalue weighted by Crippen LogP contribution is 2.47. The molecule has 29 heavy (non-hydrogen) atoms. The molecule has 3 fully saturated rings. The molecule has 2 aliphatic heterocycles. The predicted octanol–water partition coefficient (Wildman–Crippen LogP) is 3.50. The van der Waals surface area contributed by atoms with Crippen LogP contribution in [-0.2, 0) is 14.8 Å². The molecule has 3 heterocycles. The fourth-order valence-corrected chi connectivity index (χ4v) is 6.23. The number of aromatic nitrogens is 1. The summed E-state index contributed by atoms with van der Waals surface area (Å²) in [6.45, 7) is 3.98. The molecule has 5 rings (SSSR count). The number of halogens is 1. The standard InChI is InChI=1S/C21H27ClN2O4S/c1-4-14-9-21(26)10-15(11-21)24(14)19(25)8-13(2)16-12-23(29(3,27)28)18-7-5-6-17(22)20(16)18/h5-7,12-15,26H,4,8-11H2,1-3H3. The van der Waals surface area contributed by atoms with Crippen LogP contribution < -0.4 is 0 Å². The lowest BCUT2D eigenvalue weighted by Crippen LogP contribution is -2.67. The summed E-state index contributed by atoms with van der Waals surface area (Å²) in [7, 11) is -3.49. The first kappa shape index (κ1) is 20.7. The van der Waals surface area contributed by atoms with Crippen LogP contribution in [0.3, 0.4) is 0 Å². The first-order valence-corrected chi connectivity index (χ1v) is 12.3. The number of fused-ring (bicyclic) bond motifs is 3. The molecule has 6 nitrogen and oxygen atoms in total. The zero-order valence-corrected chi connectivity index (χ0v) is 18.5. The molecule has 1 amide bonds. The highest BCUT2D eigenvalue weighted by molar-refractivity contribution is 7.89. The van der Waals surface area contributed by atoms with Gasteiger partial charge in [-0.3, -0.25) is 4.79 Å². The lowest BCUT2D eigenvalue weighted by Gasteiger charge is -2.58. The van der Waals surface area contributed by atoms with Crippen molar-refractivity contribution in [2.24, 2.45) is 0 Å². The van der Waals surface area contributed by atoms with E-state index in [-0.39, 0.29) is 30.3 Å². The van der Waals surface area contributed by atoms with Crippen LogP contribution >= 0.6 is 11.6 Å². The zero-order chi connectivity index (χ0) is 21.1. The number of benzene rings is 1. The van der Waals surface area contributed by atoms with Crippen LogP contribution in [0.25, 0.3) is 10.9 Å². The summed E-state index contributed by atoms with van der Waals surface area (Å²) in [5.74, 6) is -0.130. The molecule has 1 aliphatic carbocycles. The molecule has 2 unspecified atom stereocenters. The number of hydrogen-bond acceptors (Lipinski definition) is 4. The third-order valence-corrected chi connectivity index (χ3v) is 7.87. The molecular formula is C21H27ClN2O4S. The monoisotopic (exact) mass is 438 g/mol. The van der Waals surface area contributed by atoms with Crippen molar-refractivity contribution >= 4 is 38.4 Å². The van der Waals surface area contributed by atoms with Gasteiger partial charge in [0, 0.05) is 30.1 Å². The van der Waals surface area contributed by atoms with E-state index in [1.165, 1.54) is 3.97 Å². The number of hydrogen-bond donors (Lipinski definition) is 1. The van der Waals surface area contributed by atoms with E-state index in [1.807, 2.05) is 18.7 Å². The third kappa shape index (κ3) is 3.47. The van der Waals surface area contributed by atoms with Crippen molar-refractivity contribution in [3.8, 4) is 0 Å². The molecular weight excluding hydrogens is 412 g/mol. The topological polar surface area (TPSA) is 79.6 Å². The second kappa shape index (κ2) is 7.00. The number of amides is 1. The first-order chi connectivity index (χ1) is 13.5. The number of carbonyl (C=O) groups excluding carboxylic acids is 1. The molecule has 1 N–H and O–H groups in total. The van der Waals surface area contributed by atoms with E-state index in [2.05, 4.69) is 0 Å². The third-order valence-electron chi connectivity index (χ3n) is 6.54. The van der Waals surface area contributed by atoms with E-state index >= 15 is 0 Å². The van der Waals surface area contributed by atoms with Gasteiger partial charge in [0.25, 0.3) is 0 Å². The van der Waals surface area contributed by atoms with E-state index < -0.39 is 15.6 Å². The SMILES string of the molecule is CCC1CC2(O)CC(C2)N1C(=O)CC(C)c1cn(S(C)(=O)=O)c2cccc(Cl)c12. The minimum atomic E-state index is -3.49. The maximum Gasteiger partial charge on any atom is 0.236 e. The van der Waals surface area contributed by atoms with Crippen LogP contribution in [0.15, 0.2) is 24.4 Å². The highest BCUT2D eigenvalue weighted by atomic mass is 35.5. The molecule has 2 aromatic rings. The highest BCUT2D eigenvalue weighted by Gasteiger charge is 2.54. The van der Waals surface area contributed by atoms with Crippen molar-refractivity contribution in [3.63, 3.8) is 0 Å². The molecule has 8 heteroatoms. The van der Waals surface area contributed by atoms with Gasteiger partial charge in [-0.2, -0.15) is 0 Å². The molecule has 2 bridgehead atoms. The van der Waals surface area contributed by atoms with Crippen molar-refractivity contribution in [3.05, 3.63) is 35.0 Å². The van der Waals surface area contributed by atoms with E-state index in [0.717, 1.165) is 18.2 Å². The van der Waals surface area contributed by atoms with Crippen LogP contribution in [0, 0.1) is 0 Å². The lowest BCUT2D eigenvalue weighted by atomic mass is 9.66. The van der Waals surface area contributed by atoms with Crippen molar-refractivity contribution in [1.82, 2.24) is 8.87 Å². The lowest BCUT2D eigenvalue weighted by molar-refractivity contribution is -0.178. The van der Waals surface area contributed by atoms with Crippen molar-refractivity contribution in [1.29, 1.82) is 0 Å². The van der Waals surface area contributed by atoms with Gasteiger partial charge in [-0.05, 0) is 49.3 Å². The van der Waals surface area contributed by atoms with E-state index in [4.69, 9.17) is 11.6 Å². The number of piperidine rings is 2. The molecule has 1 aromatic carbocycles. The summed E-state index contributed by atoms with van der Waals surface area (Å²) in [5, 5.41) is 11.6. The minimum Gasteiger partial charge on any atom is -0.390 e. The summed E-state index contributed by atoms with van der Waals surface area (Å²) in [6.07, 6.45) is 5.80. The van der Waals surface area contributed by atoms with Gasteiger partial charge in [0.15, 0.2) is 0 Å². The summed E-state index contributed by atoms with van der Waals surface area (Å²) in [4.78, 5) is 15.2. The minimum absolute atomic E-state index is 0.0587. The van der Waals surface area contributed by atoms with Gasteiger partial charge < -0.3 is 10.0 Å². The van der Waals surface area contributed by atoms with E-state index in [1.54, 1.807) is 24.4 Å². The molecule has 1 aromatic heterocycles. The van der Waals surface area contributed by atoms with Gasteiger partial charge in [0.2, 0.25) is 15.9 Å². The molecule has 2 atom stereocenters. The number of rotatable bonds is 5. The van der Waals surface area contributed by atoms with Gasteiger partial charge in [-0.15, -0.1) is 0 Å². The number of aliphatic hydroxyl groups is 1. The predicted molar refractivity (Wildman–Crippen MR) is 114 cm³/mol. The van der Waals surface area contributed by atoms with Crippen LogP contribution in [0.4, 0.5) is 0 Å². The second-order valence-corrected chi connectivity index (χ2v) is 11.0. The Morgan fingerprint density at radius 1 is 1.34 bits per heavy atom.